The van der Waals surface area contributed by atoms with Crippen LogP contribution < -0.4 is 5.56 Å². The summed E-state index contributed by atoms with van der Waals surface area (Å²) in [6.07, 6.45) is 0.728. The van der Waals surface area contributed by atoms with Crippen molar-refractivity contribution in [2.45, 2.75) is 32.0 Å². The molecule has 2 aromatic heterocycles. The van der Waals surface area contributed by atoms with E-state index in [1.54, 1.807) is 54.6 Å². The maximum Gasteiger partial charge on any atom is 0.266 e. The van der Waals surface area contributed by atoms with Gasteiger partial charge in [-0.3, -0.25) is 14.2 Å². The van der Waals surface area contributed by atoms with Crippen molar-refractivity contribution in [3.05, 3.63) is 123 Å². The zero-order valence-corrected chi connectivity index (χ0v) is 22.5. The highest BCUT2D eigenvalue weighted by molar-refractivity contribution is 7.99. The van der Waals surface area contributed by atoms with Crippen LogP contribution in [0.1, 0.15) is 27.3 Å². The summed E-state index contributed by atoms with van der Waals surface area (Å²) >= 11 is 7.45. The molecule has 0 unspecified atom stereocenters. The number of nitrogens with zero attached hydrogens (tertiary/aromatic N) is 3. The molecular weight excluding hydrogens is 521 g/mol. The molecule has 0 amide bonds. The smallest absolute Gasteiger partial charge is 0.266 e. The summed E-state index contributed by atoms with van der Waals surface area (Å²) in [5.74, 6) is -0.182. The molecule has 0 bridgehead atoms. The number of hydrogen-bond donors (Lipinski definition) is 0. The van der Waals surface area contributed by atoms with E-state index in [1.807, 2.05) is 26.0 Å². The van der Waals surface area contributed by atoms with Gasteiger partial charge in [0.05, 0.1) is 22.3 Å². The van der Waals surface area contributed by atoms with Crippen molar-refractivity contribution in [2.24, 2.45) is 0 Å². The fourth-order valence-electron chi connectivity index (χ4n) is 4.58. The van der Waals surface area contributed by atoms with Crippen LogP contribution in [0.5, 0.6) is 0 Å². The second-order valence-electron chi connectivity index (χ2n) is 9.06. The Morgan fingerprint density at radius 3 is 2.53 bits per heavy atom. The Labute approximate surface area is 228 Å². The van der Waals surface area contributed by atoms with Gasteiger partial charge in [-0.15, -0.1) is 0 Å². The first-order valence-corrected chi connectivity index (χ1v) is 13.5. The predicted octanol–water partition coefficient (Wildman–Crippen LogP) is 6.81. The highest BCUT2D eigenvalue weighted by Crippen LogP contribution is 2.25. The van der Waals surface area contributed by atoms with Gasteiger partial charge in [-0.05, 0) is 74.4 Å². The summed E-state index contributed by atoms with van der Waals surface area (Å²) < 4.78 is 16.9. The van der Waals surface area contributed by atoms with Gasteiger partial charge in [0.1, 0.15) is 5.82 Å². The molecule has 8 heteroatoms. The third-order valence-corrected chi connectivity index (χ3v) is 7.73. The molecule has 0 N–H and O–H groups in total. The predicted molar refractivity (Wildman–Crippen MR) is 151 cm³/mol. The van der Waals surface area contributed by atoms with Crippen LogP contribution in [0.4, 0.5) is 4.39 Å². The number of fused-ring (bicyclic) bond motifs is 1. The molecule has 0 spiro atoms. The molecule has 5 nitrogen and oxygen atoms in total. The van der Waals surface area contributed by atoms with Crippen molar-refractivity contribution in [3.8, 4) is 5.69 Å². The van der Waals surface area contributed by atoms with Gasteiger partial charge in [0.15, 0.2) is 10.9 Å². The minimum Gasteiger partial charge on any atom is -0.348 e. The molecule has 0 saturated carbocycles. The van der Waals surface area contributed by atoms with Crippen molar-refractivity contribution < 1.29 is 9.18 Å². The topological polar surface area (TPSA) is 56.9 Å². The molecule has 0 radical (unpaired) electrons. The third kappa shape index (κ3) is 5.30. The van der Waals surface area contributed by atoms with Crippen LogP contribution >= 0.6 is 23.4 Å². The Kier molecular flexibility index (Phi) is 7.49. The lowest BCUT2D eigenvalue weighted by Gasteiger charge is -2.13. The minimum atomic E-state index is -0.255. The average Bonchev–Trinajstić information content (AvgIpc) is 3.20. The molecule has 3 aromatic carbocycles. The van der Waals surface area contributed by atoms with Crippen LogP contribution in [0, 0.1) is 19.7 Å². The second-order valence-corrected chi connectivity index (χ2v) is 10.4. The zero-order valence-electron chi connectivity index (χ0n) is 20.9. The first-order valence-electron chi connectivity index (χ1n) is 12.2. The number of aryl methyl sites for hydroxylation is 2. The van der Waals surface area contributed by atoms with Gasteiger partial charge in [0.25, 0.3) is 5.56 Å². The Balaban J connectivity index is 1.41. The van der Waals surface area contributed by atoms with Gasteiger partial charge in [-0.1, -0.05) is 53.7 Å². The average molecular weight is 546 g/mol. The largest absolute Gasteiger partial charge is 0.348 e. The monoisotopic (exact) mass is 545 g/mol. The number of halogens is 2. The number of thioether (sulfide) groups is 1. The van der Waals surface area contributed by atoms with Crippen LogP contribution in [0.2, 0.25) is 5.02 Å². The second kappa shape index (κ2) is 11.0. The maximum atomic E-state index is 13.4. The van der Waals surface area contributed by atoms with Gasteiger partial charge in [-0.2, -0.15) is 0 Å². The van der Waals surface area contributed by atoms with Crippen LogP contribution in [-0.2, 0) is 13.0 Å². The first-order chi connectivity index (χ1) is 18.3. The van der Waals surface area contributed by atoms with Crippen molar-refractivity contribution in [1.82, 2.24) is 14.1 Å². The number of hydrogen-bond acceptors (Lipinski definition) is 4. The summed E-state index contributed by atoms with van der Waals surface area (Å²) in [5.41, 5.74) is 4.49. The fourth-order valence-corrected chi connectivity index (χ4v) is 5.66. The molecule has 192 valence electrons. The van der Waals surface area contributed by atoms with E-state index in [0.29, 0.717) is 38.9 Å². The highest BCUT2D eigenvalue weighted by Gasteiger charge is 2.19. The summed E-state index contributed by atoms with van der Waals surface area (Å²) in [4.78, 5) is 31.5. The van der Waals surface area contributed by atoms with Gasteiger partial charge in [-0.25, -0.2) is 9.37 Å². The number of para-hydroxylation sites is 1. The van der Waals surface area contributed by atoms with E-state index in [2.05, 4.69) is 4.57 Å². The van der Waals surface area contributed by atoms with Gasteiger partial charge >= 0.3 is 0 Å². The number of benzene rings is 3. The summed E-state index contributed by atoms with van der Waals surface area (Å²) in [6.45, 7) is 4.60. The standard InChI is InChI=1S/C30H25ClFN3O2S/c1-19-16-26(20(2)34(19)15-14-21-10-12-23(32)13-11-21)28(36)18-38-30-33-27-9-4-3-8-25(27)29(37)35(30)24-7-5-6-22(31)17-24/h3-13,16-17H,14-15,18H2,1-2H3. The lowest BCUT2D eigenvalue weighted by atomic mass is 10.1. The summed E-state index contributed by atoms with van der Waals surface area (Å²) in [5, 5.41) is 1.42. The van der Waals surface area contributed by atoms with Gasteiger partial charge in [0, 0.05) is 28.5 Å². The van der Waals surface area contributed by atoms with E-state index in [0.717, 1.165) is 23.4 Å². The van der Waals surface area contributed by atoms with E-state index in [4.69, 9.17) is 16.6 Å². The lowest BCUT2D eigenvalue weighted by molar-refractivity contribution is 0.102. The van der Waals surface area contributed by atoms with Crippen LogP contribution in [0.15, 0.2) is 88.8 Å². The summed E-state index contributed by atoms with van der Waals surface area (Å²) in [6, 6.07) is 22.6. The zero-order chi connectivity index (χ0) is 26.8. The molecule has 0 aliphatic heterocycles. The molecule has 5 rings (SSSR count). The first kappa shape index (κ1) is 25.9. The molecule has 5 aromatic rings. The number of aromatic nitrogens is 3. The van der Waals surface area contributed by atoms with E-state index in [-0.39, 0.29) is 22.9 Å². The van der Waals surface area contributed by atoms with Crippen molar-refractivity contribution in [2.75, 3.05) is 5.75 Å². The van der Waals surface area contributed by atoms with Crippen LogP contribution in [-0.4, -0.2) is 25.7 Å². The van der Waals surface area contributed by atoms with Crippen molar-refractivity contribution in [3.63, 3.8) is 0 Å². The number of carbonyl (C=O) groups excluding carboxylic acids is 1. The normalized spacial score (nSPS) is 11.3. The molecular formula is C30H25ClFN3O2S. The molecule has 0 aliphatic carbocycles. The quantitative estimate of drug-likeness (QED) is 0.122. The highest BCUT2D eigenvalue weighted by atomic mass is 35.5. The Hall–Kier alpha value is -3.68. The van der Waals surface area contributed by atoms with E-state index >= 15 is 0 Å². The number of rotatable bonds is 8. The Morgan fingerprint density at radius 2 is 1.76 bits per heavy atom. The van der Waals surface area contributed by atoms with E-state index in [9.17, 15) is 14.0 Å². The summed E-state index contributed by atoms with van der Waals surface area (Å²) in [7, 11) is 0. The molecule has 0 saturated heterocycles. The molecule has 0 aliphatic rings. The molecule has 0 atom stereocenters. The maximum absolute atomic E-state index is 13.4. The van der Waals surface area contributed by atoms with Gasteiger partial charge in [0.2, 0.25) is 0 Å². The third-order valence-electron chi connectivity index (χ3n) is 6.56. The Bertz CT molecular complexity index is 1710. The van der Waals surface area contributed by atoms with Gasteiger partial charge < -0.3 is 4.57 Å². The van der Waals surface area contributed by atoms with Crippen LogP contribution in [0.3, 0.4) is 0 Å². The minimum absolute atomic E-state index is 0.0452. The number of ketones is 1. The SMILES string of the molecule is Cc1cc(C(=O)CSc2nc3ccccc3c(=O)n2-c2cccc(Cl)c2)c(C)n1CCc1ccc(F)cc1. The van der Waals surface area contributed by atoms with Crippen molar-refractivity contribution >= 4 is 40.0 Å². The molecule has 2 heterocycles. The Morgan fingerprint density at radius 1 is 1.00 bits per heavy atom. The lowest BCUT2D eigenvalue weighted by Crippen LogP contribution is -2.22. The number of Topliss-reactive ketones (excluding diaryl/α,β-unsaturated/α-hetero) is 1. The van der Waals surface area contributed by atoms with E-state index in [1.165, 1.54) is 28.5 Å². The number of carbonyl (C=O) groups is 1. The van der Waals surface area contributed by atoms with Crippen LogP contribution in [0.25, 0.3) is 16.6 Å². The van der Waals surface area contributed by atoms with Crippen molar-refractivity contribution in [1.29, 1.82) is 0 Å². The molecule has 0 fully saturated rings. The molecule has 38 heavy (non-hydrogen) atoms. The fraction of sp³-hybridized carbons (Fsp3) is 0.167. The van der Waals surface area contributed by atoms with E-state index < -0.39 is 0 Å².